The molecule has 0 aromatic carbocycles. The number of piperidine rings is 1. The zero-order valence-electron chi connectivity index (χ0n) is 12.1. The molecule has 1 aliphatic heterocycles. The van der Waals surface area contributed by atoms with Crippen LogP contribution in [0.2, 0.25) is 0 Å². The molecule has 2 fully saturated rings. The van der Waals surface area contributed by atoms with E-state index in [9.17, 15) is 13.2 Å². The van der Waals surface area contributed by atoms with Crippen molar-refractivity contribution in [1.29, 1.82) is 0 Å². The summed E-state index contributed by atoms with van der Waals surface area (Å²) in [6.45, 7) is 4.71. The van der Waals surface area contributed by atoms with Crippen LogP contribution in [0.15, 0.2) is 0 Å². The fourth-order valence-electron chi connectivity index (χ4n) is 3.16. The van der Waals surface area contributed by atoms with Crippen LogP contribution in [0.5, 0.6) is 0 Å². The maximum atomic E-state index is 12.4. The Morgan fingerprint density at radius 2 is 1.95 bits per heavy atom. The Morgan fingerprint density at radius 1 is 1.25 bits per heavy atom. The van der Waals surface area contributed by atoms with Gasteiger partial charge in [-0.3, -0.25) is 4.79 Å². The molecule has 7 heteroatoms. The van der Waals surface area contributed by atoms with E-state index in [2.05, 4.69) is 18.6 Å². The van der Waals surface area contributed by atoms with Crippen LogP contribution < -0.4 is 4.72 Å². The maximum absolute atomic E-state index is 12.4. The van der Waals surface area contributed by atoms with E-state index in [1.54, 1.807) is 0 Å². The molecule has 0 amide bonds. The third kappa shape index (κ3) is 3.32. The third-order valence-electron chi connectivity index (χ3n) is 4.84. The summed E-state index contributed by atoms with van der Waals surface area (Å²) in [6.07, 6.45) is 3.05. The van der Waals surface area contributed by atoms with E-state index in [4.69, 9.17) is 5.11 Å². The highest BCUT2D eigenvalue weighted by Crippen LogP contribution is 2.32. The van der Waals surface area contributed by atoms with Crippen LogP contribution in [0, 0.1) is 17.8 Å². The fourth-order valence-corrected chi connectivity index (χ4v) is 4.77. The molecule has 0 aromatic rings. The van der Waals surface area contributed by atoms with Gasteiger partial charge < -0.3 is 5.11 Å². The van der Waals surface area contributed by atoms with Crippen molar-refractivity contribution in [2.24, 2.45) is 17.8 Å². The smallest absolute Gasteiger partial charge is 0.307 e. The van der Waals surface area contributed by atoms with Gasteiger partial charge in [-0.1, -0.05) is 13.8 Å². The number of nitrogens with one attached hydrogen (secondary N) is 1. The second kappa shape index (κ2) is 5.99. The Kier molecular flexibility index (Phi) is 4.71. The van der Waals surface area contributed by atoms with Gasteiger partial charge in [0.2, 0.25) is 0 Å². The molecule has 1 saturated heterocycles. The molecule has 2 rings (SSSR count). The van der Waals surface area contributed by atoms with Gasteiger partial charge in [0, 0.05) is 19.1 Å². The predicted octanol–water partition coefficient (Wildman–Crippen LogP) is 1.05. The van der Waals surface area contributed by atoms with E-state index in [0.717, 1.165) is 12.8 Å². The zero-order chi connectivity index (χ0) is 14.9. The normalized spacial score (nSPS) is 36.1. The molecule has 20 heavy (non-hydrogen) atoms. The highest BCUT2D eigenvalue weighted by molar-refractivity contribution is 7.87. The highest BCUT2D eigenvalue weighted by atomic mass is 32.2. The molecule has 1 saturated carbocycles. The summed E-state index contributed by atoms with van der Waals surface area (Å²) in [5.74, 6) is -0.645. The fraction of sp³-hybridized carbons (Fsp3) is 0.923. The van der Waals surface area contributed by atoms with Gasteiger partial charge in [0.05, 0.1) is 5.92 Å². The minimum absolute atomic E-state index is 0.0276. The van der Waals surface area contributed by atoms with Crippen molar-refractivity contribution in [3.63, 3.8) is 0 Å². The van der Waals surface area contributed by atoms with E-state index in [1.807, 2.05) is 0 Å². The lowest BCUT2D eigenvalue weighted by Crippen LogP contribution is -2.50. The number of hydrogen-bond donors (Lipinski definition) is 2. The number of hydrogen-bond acceptors (Lipinski definition) is 3. The molecule has 116 valence electrons. The summed E-state index contributed by atoms with van der Waals surface area (Å²) >= 11 is 0. The van der Waals surface area contributed by atoms with Gasteiger partial charge in [0.15, 0.2) is 0 Å². The van der Waals surface area contributed by atoms with E-state index in [-0.39, 0.29) is 12.6 Å². The SMILES string of the molecule is CC1CCC(NS(=O)(=O)N2CCCC(C(=O)O)C2)C1C. The lowest BCUT2D eigenvalue weighted by atomic mass is 9.98. The molecule has 2 N–H and O–H groups in total. The minimum atomic E-state index is -3.57. The maximum Gasteiger partial charge on any atom is 0.307 e. The molecule has 2 aliphatic rings. The molecule has 1 heterocycles. The number of carboxylic acid groups (broad SMARTS) is 1. The number of rotatable bonds is 4. The number of carboxylic acids is 1. The van der Waals surface area contributed by atoms with E-state index < -0.39 is 22.1 Å². The van der Waals surface area contributed by atoms with Gasteiger partial charge in [0.1, 0.15) is 0 Å². The number of carbonyl (C=O) groups is 1. The summed E-state index contributed by atoms with van der Waals surface area (Å²) in [6, 6.07) is -0.0276. The number of aliphatic carboxylic acids is 1. The van der Waals surface area contributed by atoms with Crippen LogP contribution in [-0.2, 0) is 15.0 Å². The van der Waals surface area contributed by atoms with Crippen LogP contribution >= 0.6 is 0 Å². The van der Waals surface area contributed by atoms with Crippen molar-refractivity contribution in [2.45, 2.75) is 45.6 Å². The Labute approximate surface area is 120 Å². The Hall–Kier alpha value is -0.660. The van der Waals surface area contributed by atoms with Gasteiger partial charge in [-0.25, -0.2) is 0 Å². The van der Waals surface area contributed by atoms with Crippen LogP contribution in [0.4, 0.5) is 0 Å². The van der Waals surface area contributed by atoms with Gasteiger partial charge in [0.25, 0.3) is 10.2 Å². The van der Waals surface area contributed by atoms with Crippen molar-refractivity contribution in [3.8, 4) is 0 Å². The molecule has 1 aliphatic carbocycles. The quantitative estimate of drug-likeness (QED) is 0.813. The standard InChI is InChI=1S/C13H24N2O4S/c1-9-5-6-12(10(9)2)14-20(18,19)15-7-3-4-11(8-15)13(16)17/h9-12,14H,3-8H2,1-2H3,(H,16,17). The Morgan fingerprint density at radius 3 is 2.50 bits per heavy atom. The molecular weight excluding hydrogens is 280 g/mol. The van der Waals surface area contributed by atoms with Gasteiger partial charge >= 0.3 is 5.97 Å². The lowest BCUT2D eigenvalue weighted by molar-refractivity contribution is -0.142. The molecule has 6 nitrogen and oxygen atoms in total. The van der Waals surface area contributed by atoms with Crippen molar-refractivity contribution in [3.05, 3.63) is 0 Å². The van der Waals surface area contributed by atoms with Gasteiger partial charge in [-0.2, -0.15) is 17.4 Å². The van der Waals surface area contributed by atoms with Crippen molar-refractivity contribution in [1.82, 2.24) is 9.03 Å². The molecule has 0 aromatic heterocycles. The molecule has 0 spiro atoms. The first-order valence-corrected chi connectivity index (χ1v) is 8.75. The minimum Gasteiger partial charge on any atom is -0.481 e. The highest BCUT2D eigenvalue weighted by Gasteiger charge is 2.37. The predicted molar refractivity (Wildman–Crippen MR) is 75.3 cm³/mol. The molecular formula is C13H24N2O4S. The lowest BCUT2D eigenvalue weighted by Gasteiger charge is -2.31. The topological polar surface area (TPSA) is 86.7 Å². The summed E-state index contributed by atoms with van der Waals surface area (Å²) in [4.78, 5) is 11.0. The Bertz CT molecular complexity index is 465. The second-order valence-electron chi connectivity index (χ2n) is 6.18. The van der Waals surface area contributed by atoms with Crippen LogP contribution in [-0.4, -0.2) is 42.9 Å². The third-order valence-corrected chi connectivity index (χ3v) is 6.45. The first kappa shape index (κ1) is 15.7. The van der Waals surface area contributed by atoms with Crippen LogP contribution in [0.25, 0.3) is 0 Å². The summed E-state index contributed by atoms with van der Waals surface area (Å²) in [5.41, 5.74) is 0. The van der Waals surface area contributed by atoms with Gasteiger partial charge in [-0.15, -0.1) is 0 Å². The summed E-state index contributed by atoms with van der Waals surface area (Å²) < 4.78 is 28.8. The van der Waals surface area contributed by atoms with Crippen LogP contribution in [0.3, 0.4) is 0 Å². The molecule has 4 atom stereocenters. The second-order valence-corrected chi connectivity index (χ2v) is 7.88. The van der Waals surface area contributed by atoms with Crippen molar-refractivity contribution >= 4 is 16.2 Å². The first-order chi connectivity index (χ1) is 9.31. The largest absolute Gasteiger partial charge is 0.481 e. The summed E-state index contributed by atoms with van der Waals surface area (Å²) in [5, 5.41) is 9.04. The van der Waals surface area contributed by atoms with E-state index in [1.165, 1.54) is 4.31 Å². The molecule has 0 radical (unpaired) electrons. The average Bonchev–Trinajstić information content (AvgIpc) is 2.70. The summed E-state index contributed by atoms with van der Waals surface area (Å²) in [7, 11) is -3.57. The van der Waals surface area contributed by atoms with Gasteiger partial charge in [-0.05, 0) is 37.5 Å². The Balaban J connectivity index is 2.01. The van der Waals surface area contributed by atoms with Crippen LogP contribution in [0.1, 0.15) is 39.5 Å². The average molecular weight is 304 g/mol. The molecule has 0 bridgehead atoms. The van der Waals surface area contributed by atoms with Crippen molar-refractivity contribution in [2.75, 3.05) is 13.1 Å². The first-order valence-electron chi connectivity index (χ1n) is 7.31. The van der Waals surface area contributed by atoms with Crippen molar-refractivity contribution < 1.29 is 18.3 Å². The monoisotopic (exact) mass is 304 g/mol. The number of nitrogens with zero attached hydrogens (tertiary/aromatic N) is 1. The van der Waals surface area contributed by atoms with E-state index >= 15 is 0 Å². The zero-order valence-corrected chi connectivity index (χ0v) is 12.9. The van der Waals surface area contributed by atoms with E-state index in [0.29, 0.717) is 31.2 Å². The molecule has 4 unspecified atom stereocenters.